The third-order valence-corrected chi connectivity index (χ3v) is 3.73. The molecule has 0 spiro atoms. The first kappa shape index (κ1) is 15.5. The van der Waals surface area contributed by atoms with E-state index in [1.165, 1.54) is 6.07 Å². The van der Waals surface area contributed by atoms with Crippen molar-refractivity contribution >= 4 is 0 Å². The molecule has 2 aromatic rings. The number of benzene rings is 2. The number of rotatable bonds is 5. The highest BCUT2D eigenvalue weighted by atomic mass is 19.1. The number of halogens is 1. The van der Waals surface area contributed by atoms with Gasteiger partial charge in [-0.05, 0) is 47.7 Å². The van der Waals surface area contributed by atoms with Crippen LogP contribution in [0.2, 0.25) is 0 Å². The molecule has 2 rings (SSSR count). The Morgan fingerprint density at radius 2 is 1.86 bits per heavy atom. The van der Waals surface area contributed by atoms with Crippen LogP contribution in [0, 0.1) is 5.82 Å². The van der Waals surface area contributed by atoms with Gasteiger partial charge in [-0.25, -0.2) is 4.39 Å². The summed E-state index contributed by atoms with van der Waals surface area (Å²) >= 11 is 0. The molecule has 3 heteroatoms. The molecule has 0 radical (unpaired) electrons. The van der Waals surface area contributed by atoms with Crippen LogP contribution in [0.25, 0.3) is 11.1 Å². The summed E-state index contributed by atoms with van der Waals surface area (Å²) in [6.07, 6.45) is 0.868. The summed E-state index contributed by atoms with van der Waals surface area (Å²) in [4.78, 5) is 0. The van der Waals surface area contributed by atoms with Gasteiger partial charge < -0.3 is 9.84 Å². The van der Waals surface area contributed by atoms with Crippen molar-refractivity contribution in [3.63, 3.8) is 0 Å². The van der Waals surface area contributed by atoms with Gasteiger partial charge in [-0.15, -0.1) is 0 Å². The van der Waals surface area contributed by atoms with Crippen LogP contribution in [0.1, 0.15) is 37.5 Å². The van der Waals surface area contributed by atoms with Crippen LogP contribution in [-0.4, -0.2) is 12.2 Å². The van der Waals surface area contributed by atoms with Crippen molar-refractivity contribution in [2.75, 3.05) is 7.11 Å². The molecule has 0 aliphatic rings. The number of aliphatic hydroxyl groups is 1. The van der Waals surface area contributed by atoms with Gasteiger partial charge >= 0.3 is 0 Å². The average molecular weight is 288 g/mol. The number of aliphatic hydroxyl groups excluding tert-OH is 1. The van der Waals surface area contributed by atoms with E-state index in [0.717, 1.165) is 23.1 Å². The maximum atomic E-state index is 14.2. The van der Waals surface area contributed by atoms with Crippen LogP contribution in [0.5, 0.6) is 5.75 Å². The molecule has 0 heterocycles. The van der Waals surface area contributed by atoms with Crippen LogP contribution >= 0.6 is 0 Å². The van der Waals surface area contributed by atoms with Gasteiger partial charge in [0.05, 0.1) is 13.2 Å². The molecule has 21 heavy (non-hydrogen) atoms. The van der Waals surface area contributed by atoms with Crippen LogP contribution in [0.3, 0.4) is 0 Å². The van der Waals surface area contributed by atoms with E-state index in [0.29, 0.717) is 17.7 Å². The predicted octanol–water partition coefficient (Wildman–Crippen LogP) is 4.51. The first-order valence-electron chi connectivity index (χ1n) is 7.25. The van der Waals surface area contributed by atoms with E-state index >= 15 is 0 Å². The highest BCUT2D eigenvalue weighted by Crippen LogP contribution is 2.34. The zero-order valence-corrected chi connectivity index (χ0v) is 12.7. The van der Waals surface area contributed by atoms with Gasteiger partial charge in [0, 0.05) is 5.56 Å². The van der Waals surface area contributed by atoms with Gasteiger partial charge in [0.2, 0.25) is 0 Å². The van der Waals surface area contributed by atoms with Gasteiger partial charge in [-0.2, -0.15) is 0 Å². The molecule has 112 valence electrons. The van der Waals surface area contributed by atoms with Crippen molar-refractivity contribution in [2.45, 2.75) is 32.8 Å². The van der Waals surface area contributed by atoms with Crippen molar-refractivity contribution in [3.8, 4) is 16.9 Å². The molecular formula is C18H21FO2. The van der Waals surface area contributed by atoms with E-state index in [9.17, 15) is 9.50 Å². The second-order valence-electron chi connectivity index (χ2n) is 5.04. The smallest absolute Gasteiger partial charge is 0.131 e. The molecule has 0 saturated heterocycles. The predicted molar refractivity (Wildman–Crippen MR) is 83.0 cm³/mol. The molecule has 2 aromatic carbocycles. The number of aryl methyl sites for hydroxylation is 1. The normalized spacial score (nSPS) is 12.2. The molecule has 0 aliphatic heterocycles. The Morgan fingerprint density at radius 3 is 2.48 bits per heavy atom. The fourth-order valence-electron chi connectivity index (χ4n) is 2.41. The van der Waals surface area contributed by atoms with Crippen molar-refractivity contribution < 1.29 is 14.2 Å². The van der Waals surface area contributed by atoms with Crippen molar-refractivity contribution in [1.29, 1.82) is 0 Å². The lowest BCUT2D eigenvalue weighted by Crippen LogP contribution is -2.01. The van der Waals surface area contributed by atoms with E-state index in [4.69, 9.17) is 4.74 Å². The highest BCUT2D eigenvalue weighted by molar-refractivity contribution is 5.70. The standard InChI is InChI=1S/C18H21FO2/c1-4-12-6-8-14(16(10-12)18(20)5-2)15-11-13(21-3)7-9-17(15)19/h6-11,18,20H,4-5H2,1-3H3. The molecule has 0 aromatic heterocycles. The first-order valence-corrected chi connectivity index (χ1v) is 7.25. The van der Waals surface area contributed by atoms with E-state index in [1.54, 1.807) is 19.2 Å². The number of hydrogen-bond donors (Lipinski definition) is 1. The Morgan fingerprint density at radius 1 is 1.10 bits per heavy atom. The first-order chi connectivity index (χ1) is 10.1. The second-order valence-corrected chi connectivity index (χ2v) is 5.04. The summed E-state index contributed by atoms with van der Waals surface area (Å²) in [7, 11) is 1.55. The molecule has 2 nitrogen and oxygen atoms in total. The summed E-state index contributed by atoms with van der Waals surface area (Å²) in [5.74, 6) is 0.285. The third-order valence-electron chi connectivity index (χ3n) is 3.73. The van der Waals surface area contributed by atoms with Gasteiger partial charge in [0.15, 0.2) is 0 Å². The third kappa shape index (κ3) is 3.24. The topological polar surface area (TPSA) is 29.5 Å². The summed E-state index contributed by atoms with van der Waals surface area (Å²) < 4.78 is 19.4. The zero-order chi connectivity index (χ0) is 15.4. The molecule has 0 saturated carbocycles. The quantitative estimate of drug-likeness (QED) is 0.877. The highest BCUT2D eigenvalue weighted by Gasteiger charge is 2.16. The van der Waals surface area contributed by atoms with Crippen molar-refractivity contribution in [2.24, 2.45) is 0 Å². The molecule has 0 bridgehead atoms. The van der Waals surface area contributed by atoms with Gasteiger partial charge in [0.1, 0.15) is 11.6 Å². The average Bonchev–Trinajstić information content (AvgIpc) is 2.54. The fourth-order valence-corrected chi connectivity index (χ4v) is 2.41. The fraction of sp³-hybridized carbons (Fsp3) is 0.333. The Kier molecular flexibility index (Phi) is 4.97. The number of hydrogen-bond acceptors (Lipinski definition) is 2. The minimum absolute atomic E-state index is 0.315. The zero-order valence-electron chi connectivity index (χ0n) is 12.7. The van der Waals surface area contributed by atoms with Crippen molar-refractivity contribution in [3.05, 3.63) is 53.3 Å². The molecule has 1 N–H and O–H groups in total. The minimum Gasteiger partial charge on any atom is -0.497 e. The molecule has 0 aliphatic carbocycles. The molecule has 0 fully saturated rings. The summed E-state index contributed by atoms with van der Waals surface area (Å²) in [6.45, 7) is 3.97. The van der Waals surface area contributed by atoms with Gasteiger partial charge in [0.25, 0.3) is 0 Å². The Hall–Kier alpha value is -1.87. The largest absolute Gasteiger partial charge is 0.497 e. The lowest BCUT2D eigenvalue weighted by atomic mass is 9.92. The minimum atomic E-state index is -0.600. The lowest BCUT2D eigenvalue weighted by molar-refractivity contribution is 0.174. The summed E-state index contributed by atoms with van der Waals surface area (Å²) in [5.41, 5.74) is 3.08. The van der Waals surface area contributed by atoms with Crippen LogP contribution < -0.4 is 4.74 Å². The van der Waals surface area contributed by atoms with Crippen LogP contribution in [0.4, 0.5) is 4.39 Å². The molecule has 1 atom stereocenters. The summed E-state index contributed by atoms with van der Waals surface area (Å²) in [6, 6.07) is 10.5. The molecule has 1 unspecified atom stereocenters. The summed E-state index contributed by atoms with van der Waals surface area (Å²) in [5, 5.41) is 10.3. The van der Waals surface area contributed by atoms with E-state index in [2.05, 4.69) is 6.92 Å². The Bertz CT molecular complexity index is 623. The Labute approximate surface area is 125 Å². The van der Waals surface area contributed by atoms with Gasteiger partial charge in [-0.3, -0.25) is 0 Å². The second kappa shape index (κ2) is 6.72. The van der Waals surface area contributed by atoms with Crippen LogP contribution in [0.15, 0.2) is 36.4 Å². The maximum Gasteiger partial charge on any atom is 0.131 e. The SMILES string of the molecule is CCc1ccc(-c2cc(OC)ccc2F)c(C(O)CC)c1. The number of methoxy groups -OCH3 is 1. The van der Waals surface area contributed by atoms with Crippen LogP contribution in [-0.2, 0) is 6.42 Å². The lowest BCUT2D eigenvalue weighted by Gasteiger charge is -2.17. The maximum absolute atomic E-state index is 14.2. The van der Waals surface area contributed by atoms with Gasteiger partial charge in [-0.1, -0.05) is 32.0 Å². The molecule has 0 amide bonds. The number of ether oxygens (including phenoxy) is 1. The van der Waals surface area contributed by atoms with E-state index in [1.807, 2.05) is 25.1 Å². The monoisotopic (exact) mass is 288 g/mol. The van der Waals surface area contributed by atoms with Crippen molar-refractivity contribution in [1.82, 2.24) is 0 Å². The van der Waals surface area contributed by atoms with E-state index < -0.39 is 6.10 Å². The van der Waals surface area contributed by atoms with E-state index in [-0.39, 0.29) is 5.82 Å². The molecular weight excluding hydrogens is 267 g/mol. The Balaban J connectivity index is 2.62.